The van der Waals surface area contributed by atoms with E-state index in [2.05, 4.69) is 4.98 Å². The highest BCUT2D eigenvalue weighted by Crippen LogP contribution is 2.40. The molecule has 3 nitrogen and oxygen atoms in total. The molecule has 0 spiro atoms. The smallest absolute Gasteiger partial charge is 0.170 e. The zero-order valence-corrected chi connectivity index (χ0v) is 13.3. The molecule has 118 valence electrons. The van der Waals surface area contributed by atoms with Crippen LogP contribution in [0.5, 0.6) is 11.5 Å². The first-order chi connectivity index (χ1) is 11.1. The van der Waals surface area contributed by atoms with Crippen molar-refractivity contribution in [2.24, 2.45) is 0 Å². The number of hydrogen-bond acceptors (Lipinski definition) is 4. The van der Waals surface area contributed by atoms with Gasteiger partial charge >= 0.3 is 0 Å². The number of ether oxygens (including phenoxy) is 2. The van der Waals surface area contributed by atoms with E-state index in [1.807, 2.05) is 12.1 Å². The van der Waals surface area contributed by atoms with E-state index in [-0.39, 0.29) is 0 Å². The monoisotopic (exact) mass is 333 g/mol. The van der Waals surface area contributed by atoms with Gasteiger partial charge in [-0.05, 0) is 30.3 Å². The minimum Gasteiger partial charge on any atom is -0.493 e. The second-order valence-electron chi connectivity index (χ2n) is 4.71. The third-order valence-electron chi connectivity index (χ3n) is 3.35. The molecule has 3 rings (SSSR count). The zero-order chi connectivity index (χ0) is 16.4. The van der Waals surface area contributed by atoms with Crippen molar-refractivity contribution in [2.45, 2.75) is 0 Å². The van der Waals surface area contributed by atoms with Crippen LogP contribution in [0.2, 0.25) is 0 Å². The summed E-state index contributed by atoms with van der Waals surface area (Å²) in [6.07, 6.45) is 0. The molecule has 0 unspecified atom stereocenters. The van der Waals surface area contributed by atoms with Crippen LogP contribution in [0.4, 0.5) is 8.78 Å². The summed E-state index contributed by atoms with van der Waals surface area (Å²) in [5.74, 6) is -0.578. The Morgan fingerprint density at radius 1 is 1.00 bits per heavy atom. The van der Waals surface area contributed by atoms with E-state index in [4.69, 9.17) is 9.47 Å². The van der Waals surface area contributed by atoms with Gasteiger partial charge in [-0.2, -0.15) is 0 Å². The number of aromatic nitrogens is 1. The summed E-state index contributed by atoms with van der Waals surface area (Å²) in [7, 11) is 3.13. The molecule has 0 aliphatic heterocycles. The van der Waals surface area contributed by atoms with E-state index in [1.165, 1.54) is 17.4 Å². The summed E-state index contributed by atoms with van der Waals surface area (Å²) in [6.45, 7) is 0. The number of benzene rings is 2. The van der Waals surface area contributed by atoms with Crippen LogP contribution in [0.15, 0.2) is 41.8 Å². The summed E-state index contributed by atoms with van der Waals surface area (Å²) >= 11 is 1.39. The third kappa shape index (κ3) is 2.90. The van der Waals surface area contributed by atoms with Crippen LogP contribution >= 0.6 is 11.3 Å². The van der Waals surface area contributed by atoms with E-state index in [0.29, 0.717) is 27.8 Å². The van der Waals surface area contributed by atoms with Crippen molar-refractivity contribution in [3.8, 4) is 33.3 Å². The van der Waals surface area contributed by atoms with Gasteiger partial charge < -0.3 is 9.47 Å². The van der Waals surface area contributed by atoms with Crippen LogP contribution in [-0.4, -0.2) is 19.2 Å². The molecule has 0 atom stereocenters. The fourth-order valence-electron chi connectivity index (χ4n) is 2.24. The van der Waals surface area contributed by atoms with Crippen LogP contribution in [-0.2, 0) is 0 Å². The predicted octanol–water partition coefficient (Wildman–Crippen LogP) is 4.77. The Hall–Kier alpha value is -2.47. The topological polar surface area (TPSA) is 31.4 Å². The van der Waals surface area contributed by atoms with Gasteiger partial charge in [0.2, 0.25) is 0 Å². The van der Waals surface area contributed by atoms with Gasteiger partial charge in [0.1, 0.15) is 5.01 Å². The van der Waals surface area contributed by atoms with Crippen LogP contribution < -0.4 is 9.47 Å². The molecule has 23 heavy (non-hydrogen) atoms. The Morgan fingerprint density at radius 2 is 1.83 bits per heavy atom. The molecule has 6 heteroatoms. The standard InChI is InChI=1S/C17H13F2NO2S/c1-21-15-5-3-4-11(16(15)22-2)17-20-14(9-23-17)10-6-7-12(18)13(19)8-10/h3-9H,1-2H3. The molecule has 0 aliphatic carbocycles. The summed E-state index contributed by atoms with van der Waals surface area (Å²) in [4.78, 5) is 4.50. The molecule has 0 amide bonds. The van der Waals surface area contributed by atoms with Crippen molar-refractivity contribution in [2.75, 3.05) is 14.2 Å². The molecule has 1 aromatic heterocycles. The van der Waals surface area contributed by atoms with Gasteiger partial charge in [0.05, 0.1) is 25.5 Å². The highest BCUT2D eigenvalue weighted by Gasteiger charge is 2.15. The van der Waals surface area contributed by atoms with Crippen molar-refractivity contribution in [1.29, 1.82) is 0 Å². The second-order valence-corrected chi connectivity index (χ2v) is 5.57. The molecule has 0 saturated carbocycles. The number of hydrogen-bond donors (Lipinski definition) is 0. The summed E-state index contributed by atoms with van der Waals surface area (Å²) in [6, 6.07) is 9.24. The molecule has 0 aliphatic rings. The third-order valence-corrected chi connectivity index (χ3v) is 4.23. The lowest BCUT2D eigenvalue weighted by Crippen LogP contribution is -1.93. The fourth-order valence-corrected chi connectivity index (χ4v) is 3.09. The maximum absolute atomic E-state index is 13.4. The molecule has 0 fully saturated rings. The van der Waals surface area contributed by atoms with Crippen molar-refractivity contribution < 1.29 is 18.3 Å². The van der Waals surface area contributed by atoms with Crippen molar-refractivity contribution in [3.63, 3.8) is 0 Å². The van der Waals surface area contributed by atoms with E-state index in [1.54, 1.807) is 25.7 Å². The van der Waals surface area contributed by atoms with Gasteiger partial charge in [-0.1, -0.05) is 6.07 Å². The fraction of sp³-hybridized carbons (Fsp3) is 0.118. The van der Waals surface area contributed by atoms with Crippen LogP contribution in [0.25, 0.3) is 21.8 Å². The van der Waals surface area contributed by atoms with Gasteiger partial charge in [-0.15, -0.1) is 11.3 Å². The van der Waals surface area contributed by atoms with Crippen LogP contribution in [0.1, 0.15) is 0 Å². The zero-order valence-electron chi connectivity index (χ0n) is 12.5. The van der Waals surface area contributed by atoms with Gasteiger partial charge in [0.25, 0.3) is 0 Å². The molecule has 0 radical (unpaired) electrons. The first-order valence-corrected chi connectivity index (χ1v) is 7.64. The lowest BCUT2D eigenvalue weighted by molar-refractivity contribution is 0.356. The van der Waals surface area contributed by atoms with Crippen molar-refractivity contribution in [1.82, 2.24) is 4.98 Å². The molecular formula is C17H13F2NO2S. The Kier molecular flexibility index (Phi) is 4.25. The van der Waals surface area contributed by atoms with E-state index < -0.39 is 11.6 Å². The Morgan fingerprint density at radius 3 is 2.52 bits per heavy atom. The highest BCUT2D eigenvalue weighted by atomic mass is 32.1. The Balaban J connectivity index is 2.04. The van der Waals surface area contributed by atoms with E-state index in [9.17, 15) is 8.78 Å². The number of para-hydroxylation sites is 1. The number of rotatable bonds is 4. The minimum absolute atomic E-state index is 0.522. The number of thiazole rings is 1. The summed E-state index contributed by atoms with van der Waals surface area (Å²) in [5, 5.41) is 2.50. The Labute approximate surface area is 136 Å². The molecular weight excluding hydrogens is 320 g/mol. The molecule has 0 N–H and O–H groups in total. The van der Waals surface area contributed by atoms with Gasteiger partial charge in [-0.3, -0.25) is 0 Å². The van der Waals surface area contributed by atoms with Crippen LogP contribution in [0.3, 0.4) is 0 Å². The summed E-state index contributed by atoms with van der Waals surface area (Å²) < 4.78 is 37.1. The SMILES string of the molecule is COc1cccc(-c2nc(-c3ccc(F)c(F)c3)cs2)c1OC. The maximum Gasteiger partial charge on any atom is 0.170 e. The average molecular weight is 333 g/mol. The van der Waals surface area contributed by atoms with Gasteiger partial charge in [0.15, 0.2) is 23.1 Å². The number of nitrogens with zero attached hydrogens (tertiary/aromatic N) is 1. The van der Waals surface area contributed by atoms with Crippen molar-refractivity contribution in [3.05, 3.63) is 53.4 Å². The summed E-state index contributed by atoms with van der Waals surface area (Å²) in [5.41, 5.74) is 1.88. The average Bonchev–Trinajstić information content (AvgIpc) is 3.06. The molecule has 0 saturated heterocycles. The second kappa shape index (κ2) is 6.34. The van der Waals surface area contributed by atoms with E-state index in [0.717, 1.165) is 17.7 Å². The number of halogens is 2. The lowest BCUT2D eigenvalue weighted by Gasteiger charge is -2.10. The highest BCUT2D eigenvalue weighted by molar-refractivity contribution is 7.13. The van der Waals surface area contributed by atoms with Crippen molar-refractivity contribution >= 4 is 11.3 Å². The first kappa shape index (κ1) is 15.4. The predicted molar refractivity (Wildman–Crippen MR) is 86.0 cm³/mol. The molecule has 0 bridgehead atoms. The van der Waals surface area contributed by atoms with E-state index >= 15 is 0 Å². The molecule has 2 aromatic carbocycles. The van der Waals surface area contributed by atoms with Gasteiger partial charge in [-0.25, -0.2) is 13.8 Å². The van der Waals surface area contributed by atoms with Gasteiger partial charge in [0, 0.05) is 10.9 Å². The first-order valence-electron chi connectivity index (χ1n) is 6.76. The minimum atomic E-state index is -0.893. The Bertz CT molecular complexity index is 848. The van der Waals surface area contributed by atoms with Crippen LogP contribution in [0, 0.1) is 11.6 Å². The lowest BCUT2D eigenvalue weighted by atomic mass is 10.1. The maximum atomic E-state index is 13.4. The molecule has 3 aromatic rings. The molecule has 1 heterocycles. The normalized spacial score (nSPS) is 10.6. The largest absolute Gasteiger partial charge is 0.493 e. The quantitative estimate of drug-likeness (QED) is 0.689. The number of methoxy groups -OCH3 is 2.